The molecule has 138 valence electrons. The third-order valence-corrected chi connectivity index (χ3v) is 5.18. The molecule has 0 radical (unpaired) electrons. The Morgan fingerprint density at radius 2 is 1.81 bits per heavy atom. The van der Waals surface area contributed by atoms with E-state index in [9.17, 15) is 0 Å². The molecule has 1 aromatic carbocycles. The minimum Gasteiger partial charge on any atom is -0.351 e. The molecule has 2 aromatic heterocycles. The second kappa shape index (κ2) is 8.27. The van der Waals surface area contributed by atoms with Crippen molar-refractivity contribution >= 4 is 5.95 Å². The van der Waals surface area contributed by atoms with Crippen molar-refractivity contribution in [1.29, 1.82) is 0 Å². The van der Waals surface area contributed by atoms with Gasteiger partial charge in [-0.2, -0.15) is 0 Å². The second-order valence-electron chi connectivity index (χ2n) is 7.23. The molecule has 0 amide bonds. The van der Waals surface area contributed by atoms with Crippen molar-refractivity contribution in [2.75, 3.05) is 25.5 Å². The number of hydrogen-bond donors (Lipinski definition) is 1. The van der Waals surface area contributed by atoms with E-state index in [1.165, 1.54) is 5.56 Å². The predicted molar refractivity (Wildman–Crippen MR) is 108 cm³/mol. The lowest BCUT2D eigenvalue weighted by atomic mass is 9.87. The van der Waals surface area contributed by atoms with Crippen LogP contribution in [0.2, 0.25) is 0 Å². The quantitative estimate of drug-likeness (QED) is 0.755. The summed E-state index contributed by atoms with van der Waals surface area (Å²) in [6.45, 7) is 2.16. The van der Waals surface area contributed by atoms with Gasteiger partial charge in [0.15, 0.2) is 0 Å². The molecule has 3 heterocycles. The molecular formula is C22H25N5. The highest BCUT2D eigenvalue weighted by atomic mass is 15.2. The molecule has 1 fully saturated rings. The van der Waals surface area contributed by atoms with E-state index in [4.69, 9.17) is 4.98 Å². The number of aromatic nitrogens is 3. The monoisotopic (exact) mass is 359 g/mol. The highest BCUT2D eigenvalue weighted by Crippen LogP contribution is 2.24. The lowest BCUT2D eigenvalue weighted by Crippen LogP contribution is -2.45. The largest absolute Gasteiger partial charge is 0.351 e. The average Bonchev–Trinajstić information content (AvgIpc) is 2.72. The highest BCUT2D eigenvalue weighted by molar-refractivity contribution is 5.54. The maximum absolute atomic E-state index is 4.70. The van der Waals surface area contributed by atoms with Crippen molar-refractivity contribution < 1.29 is 0 Å². The molecule has 4 rings (SSSR count). The molecule has 2 atom stereocenters. The van der Waals surface area contributed by atoms with Crippen LogP contribution in [0.25, 0.3) is 11.4 Å². The van der Waals surface area contributed by atoms with E-state index in [2.05, 4.69) is 57.6 Å². The Morgan fingerprint density at radius 3 is 2.63 bits per heavy atom. The fourth-order valence-electron chi connectivity index (χ4n) is 3.78. The van der Waals surface area contributed by atoms with Crippen LogP contribution in [-0.2, 0) is 6.42 Å². The Hall–Kier alpha value is -2.79. The summed E-state index contributed by atoms with van der Waals surface area (Å²) in [7, 11) is 2.20. The molecule has 5 nitrogen and oxygen atoms in total. The van der Waals surface area contributed by atoms with Gasteiger partial charge in [0, 0.05) is 25.0 Å². The number of likely N-dealkylation sites (tertiary alicyclic amines) is 1. The molecule has 0 spiro atoms. The van der Waals surface area contributed by atoms with Crippen molar-refractivity contribution in [1.82, 2.24) is 19.9 Å². The Kier molecular flexibility index (Phi) is 5.39. The molecule has 0 bridgehead atoms. The molecular weight excluding hydrogens is 334 g/mol. The van der Waals surface area contributed by atoms with Gasteiger partial charge in [-0.15, -0.1) is 0 Å². The Balaban J connectivity index is 1.51. The van der Waals surface area contributed by atoms with Crippen LogP contribution in [0.4, 0.5) is 5.95 Å². The predicted octanol–water partition coefficient (Wildman–Crippen LogP) is 3.51. The van der Waals surface area contributed by atoms with Crippen molar-refractivity contribution in [2.45, 2.75) is 18.9 Å². The number of anilines is 1. The average molecular weight is 359 g/mol. The normalized spacial score (nSPS) is 20.3. The highest BCUT2D eigenvalue weighted by Gasteiger charge is 2.28. The van der Waals surface area contributed by atoms with Gasteiger partial charge < -0.3 is 10.2 Å². The van der Waals surface area contributed by atoms with Crippen LogP contribution in [0.1, 0.15) is 12.0 Å². The summed E-state index contributed by atoms with van der Waals surface area (Å²) < 4.78 is 0. The second-order valence-corrected chi connectivity index (χ2v) is 7.23. The first kappa shape index (κ1) is 17.6. The summed E-state index contributed by atoms with van der Waals surface area (Å²) in [5.74, 6) is 1.21. The van der Waals surface area contributed by atoms with E-state index in [0.717, 1.165) is 37.3 Å². The summed E-state index contributed by atoms with van der Waals surface area (Å²) >= 11 is 0. The van der Waals surface area contributed by atoms with E-state index in [1.807, 2.05) is 24.3 Å². The SMILES string of the molecule is CN1CC[C@H](Nc2nccc(-c3ccccn3)n2)[C@H](Cc2ccccc2)C1. The van der Waals surface area contributed by atoms with Crippen molar-refractivity contribution in [3.63, 3.8) is 0 Å². The van der Waals surface area contributed by atoms with Crippen LogP contribution in [0.15, 0.2) is 67.0 Å². The van der Waals surface area contributed by atoms with Crippen LogP contribution in [0.5, 0.6) is 0 Å². The first-order chi connectivity index (χ1) is 13.3. The Labute approximate surface area is 160 Å². The minimum absolute atomic E-state index is 0.361. The molecule has 1 aliphatic rings. The van der Waals surface area contributed by atoms with E-state index in [1.54, 1.807) is 12.4 Å². The summed E-state index contributed by atoms with van der Waals surface area (Å²) in [6.07, 6.45) is 5.74. The van der Waals surface area contributed by atoms with E-state index < -0.39 is 0 Å². The molecule has 1 N–H and O–H groups in total. The van der Waals surface area contributed by atoms with E-state index >= 15 is 0 Å². The number of nitrogens with one attached hydrogen (secondary N) is 1. The summed E-state index contributed by atoms with van der Waals surface area (Å²) in [4.78, 5) is 16.0. The number of piperidine rings is 1. The van der Waals surface area contributed by atoms with E-state index in [-0.39, 0.29) is 0 Å². The summed E-state index contributed by atoms with van der Waals surface area (Å²) in [5.41, 5.74) is 3.10. The number of benzene rings is 1. The van der Waals surface area contributed by atoms with Gasteiger partial charge in [-0.05, 0) is 56.1 Å². The van der Waals surface area contributed by atoms with Gasteiger partial charge in [0.25, 0.3) is 0 Å². The summed E-state index contributed by atoms with van der Waals surface area (Å²) in [6, 6.07) is 18.9. The lowest BCUT2D eigenvalue weighted by Gasteiger charge is -2.37. The van der Waals surface area contributed by atoms with Crippen molar-refractivity contribution in [2.24, 2.45) is 5.92 Å². The van der Waals surface area contributed by atoms with Gasteiger partial charge in [0.2, 0.25) is 5.95 Å². The number of pyridine rings is 1. The maximum atomic E-state index is 4.70. The lowest BCUT2D eigenvalue weighted by molar-refractivity contribution is 0.193. The molecule has 1 saturated heterocycles. The van der Waals surface area contributed by atoms with Crippen LogP contribution in [-0.4, -0.2) is 46.0 Å². The van der Waals surface area contributed by atoms with Crippen molar-refractivity contribution in [3.8, 4) is 11.4 Å². The zero-order valence-electron chi connectivity index (χ0n) is 15.6. The van der Waals surface area contributed by atoms with Crippen LogP contribution < -0.4 is 5.32 Å². The van der Waals surface area contributed by atoms with Crippen LogP contribution >= 0.6 is 0 Å². The van der Waals surface area contributed by atoms with Gasteiger partial charge >= 0.3 is 0 Å². The molecule has 1 aliphatic heterocycles. The third-order valence-electron chi connectivity index (χ3n) is 5.18. The molecule has 0 saturated carbocycles. The van der Waals surface area contributed by atoms with Crippen LogP contribution in [0.3, 0.4) is 0 Å². The third kappa shape index (κ3) is 4.49. The van der Waals surface area contributed by atoms with Gasteiger partial charge in [-0.1, -0.05) is 36.4 Å². The fraction of sp³-hybridized carbons (Fsp3) is 0.318. The molecule has 5 heteroatoms. The van der Waals surface area contributed by atoms with Crippen LogP contribution in [0, 0.1) is 5.92 Å². The standard InChI is InChI=1S/C22H25N5/c1-27-14-11-19(18(16-27)15-17-7-3-2-4-8-17)25-22-24-13-10-21(26-22)20-9-5-6-12-23-20/h2-10,12-13,18-19H,11,14-16H2,1H3,(H,24,25,26)/t18-,19+/m1/s1. The Bertz CT molecular complexity index is 853. The number of nitrogens with zero attached hydrogens (tertiary/aromatic N) is 4. The fourth-order valence-corrected chi connectivity index (χ4v) is 3.78. The molecule has 0 unspecified atom stereocenters. The zero-order chi connectivity index (χ0) is 18.5. The number of rotatable bonds is 5. The maximum Gasteiger partial charge on any atom is 0.223 e. The van der Waals surface area contributed by atoms with Gasteiger partial charge in [-0.25, -0.2) is 9.97 Å². The minimum atomic E-state index is 0.361. The molecule has 27 heavy (non-hydrogen) atoms. The summed E-state index contributed by atoms with van der Waals surface area (Å²) in [5, 5.41) is 3.61. The first-order valence-corrected chi connectivity index (χ1v) is 9.51. The van der Waals surface area contributed by atoms with E-state index in [0.29, 0.717) is 17.9 Å². The molecule has 0 aliphatic carbocycles. The van der Waals surface area contributed by atoms with Crippen molar-refractivity contribution in [3.05, 3.63) is 72.6 Å². The topological polar surface area (TPSA) is 53.9 Å². The molecule has 3 aromatic rings. The number of hydrogen-bond acceptors (Lipinski definition) is 5. The first-order valence-electron chi connectivity index (χ1n) is 9.51. The Morgan fingerprint density at radius 1 is 0.963 bits per heavy atom. The van der Waals surface area contributed by atoms with Gasteiger partial charge in [-0.3, -0.25) is 4.98 Å². The smallest absolute Gasteiger partial charge is 0.223 e. The van der Waals surface area contributed by atoms with Gasteiger partial charge in [0.05, 0.1) is 11.4 Å². The zero-order valence-corrected chi connectivity index (χ0v) is 15.6. The van der Waals surface area contributed by atoms with Gasteiger partial charge in [0.1, 0.15) is 0 Å².